The third-order valence-electron chi connectivity index (χ3n) is 3.16. The lowest BCUT2D eigenvalue weighted by Crippen LogP contribution is -2.41. The van der Waals surface area contributed by atoms with Crippen LogP contribution < -0.4 is 5.32 Å². The van der Waals surface area contributed by atoms with E-state index in [4.69, 9.17) is 5.11 Å². The number of carbonyl (C=O) groups excluding carboxylic acids is 2. The number of hydrogen-bond acceptors (Lipinski definition) is 3. The predicted octanol–water partition coefficient (Wildman–Crippen LogP) is 1.39. The summed E-state index contributed by atoms with van der Waals surface area (Å²) in [6, 6.07) is -0.856. The Balaban J connectivity index is 4.19. The maximum absolute atomic E-state index is 11.7. The maximum atomic E-state index is 11.7. The standard InChI is InChI=1S/C14H26N2O4/c1-4-7-8-11(14(19)20)15-12(17)9-10-13(18)16(5-2)6-3/h11H,4-10H2,1-3H3,(H,15,17)(H,19,20)/t11-/m0/s1. The van der Waals surface area contributed by atoms with Gasteiger partial charge in [-0.05, 0) is 20.3 Å². The first-order valence-corrected chi connectivity index (χ1v) is 7.26. The normalized spacial score (nSPS) is 11.8. The molecule has 0 aromatic carbocycles. The third-order valence-corrected chi connectivity index (χ3v) is 3.16. The maximum Gasteiger partial charge on any atom is 0.326 e. The van der Waals surface area contributed by atoms with E-state index in [1.165, 1.54) is 0 Å². The Kier molecular flexibility index (Phi) is 9.41. The molecule has 0 spiro atoms. The second-order valence-electron chi connectivity index (χ2n) is 4.67. The molecule has 6 heteroatoms. The van der Waals surface area contributed by atoms with Gasteiger partial charge < -0.3 is 15.3 Å². The monoisotopic (exact) mass is 286 g/mol. The summed E-state index contributed by atoms with van der Waals surface area (Å²) in [7, 11) is 0. The average Bonchev–Trinajstić information content (AvgIpc) is 2.42. The number of amides is 2. The van der Waals surface area contributed by atoms with E-state index in [2.05, 4.69) is 5.32 Å². The van der Waals surface area contributed by atoms with Crippen LogP contribution in [-0.2, 0) is 14.4 Å². The molecule has 0 aliphatic heterocycles. The first-order chi connectivity index (χ1) is 9.46. The zero-order chi connectivity index (χ0) is 15.5. The van der Waals surface area contributed by atoms with E-state index in [1.807, 2.05) is 20.8 Å². The smallest absolute Gasteiger partial charge is 0.326 e. The molecule has 0 aromatic heterocycles. The Morgan fingerprint density at radius 3 is 2.15 bits per heavy atom. The van der Waals surface area contributed by atoms with Gasteiger partial charge in [0.2, 0.25) is 11.8 Å². The minimum absolute atomic E-state index is 0.0330. The Morgan fingerprint density at radius 1 is 1.10 bits per heavy atom. The van der Waals surface area contributed by atoms with E-state index in [9.17, 15) is 14.4 Å². The number of rotatable bonds is 10. The third kappa shape index (κ3) is 7.11. The molecule has 0 radical (unpaired) electrons. The van der Waals surface area contributed by atoms with E-state index in [0.29, 0.717) is 19.5 Å². The number of carboxylic acids is 1. The lowest BCUT2D eigenvalue weighted by molar-refractivity contribution is -0.142. The molecule has 6 nitrogen and oxygen atoms in total. The highest BCUT2D eigenvalue weighted by Gasteiger charge is 2.20. The Morgan fingerprint density at radius 2 is 1.70 bits per heavy atom. The van der Waals surface area contributed by atoms with Crippen molar-refractivity contribution in [2.75, 3.05) is 13.1 Å². The topological polar surface area (TPSA) is 86.7 Å². The highest BCUT2D eigenvalue weighted by Crippen LogP contribution is 2.03. The molecule has 116 valence electrons. The van der Waals surface area contributed by atoms with Gasteiger partial charge >= 0.3 is 5.97 Å². The minimum atomic E-state index is -1.03. The average molecular weight is 286 g/mol. The van der Waals surface area contributed by atoms with Crippen molar-refractivity contribution in [3.63, 3.8) is 0 Å². The Bertz CT molecular complexity index is 327. The van der Waals surface area contributed by atoms with Crippen molar-refractivity contribution >= 4 is 17.8 Å². The molecule has 0 aliphatic rings. The molecular formula is C14H26N2O4. The summed E-state index contributed by atoms with van der Waals surface area (Å²) in [5.41, 5.74) is 0. The van der Waals surface area contributed by atoms with Crippen molar-refractivity contribution in [3.8, 4) is 0 Å². The van der Waals surface area contributed by atoms with Crippen LogP contribution in [0.1, 0.15) is 52.9 Å². The molecular weight excluding hydrogens is 260 g/mol. The zero-order valence-electron chi connectivity index (χ0n) is 12.6. The summed E-state index contributed by atoms with van der Waals surface area (Å²) in [5.74, 6) is -1.48. The molecule has 0 saturated heterocycles. The van der Waals surface area contributed by atoms with E-state index in [0.717, 1.165) is 12.8 Å². The summed E-state index contributed by atoms with van der Waals surface area (Å²) in [4.78, 5) is 36.1. The first-order valence-electron chi connectivity index (χ1n) is 7.26. The highest BCUT2D eigenvalue weighted by atomic mass is 16.4. The van der Waals surface area contributed by atoms with Crippen LogP contribution in [0, 0.1) is 0 Å². The molecule has 2 N–H and O–H groups in total. The second-order valence-corrected chi connectivity index (χ2v) is 4.67. The number of nitrogens with zero attached hydrogens (tertiary/aromatic N) is 1. The SMILES string of the molecule is CCCC[C@H](NC(=O)CCC(=O)N(CC)CC)C(=O)O. The van der Waals surface area contributed by atoms with Gasteiger partial charge in [-0.3, -0.25) is 9.59 Å². The fourth-order valence-corrected chi connectivity index (χ4v) is 1.89. The van der Waals surface area contributed by atoms with Gasteiger partial charge in [0.25, 0.3) is 0 Å². The van der Waals surface area contributed by atoms with Crippen molar-refractivity contribution < 1.29 is 19.5 Å². The van der Waals surface area contributed by atoms with Crippen molar-refractivity contribution in [3.05, 3.63) is 0 Å². The Hall–Kier alpha value is -1.59. The van der Waals surface area contributed by atoms with E-state index in [1.54, 1.807) is 4.90 Å². The van der Waals surface area contributed by atoms with Gasteiger partial charge in [-0.25, -0.2) is 4.79 Å². The summed E-state index contributed by atoms with van der Waals surface area (Å²) < 4.78 is 0. The summed E-state index contributed by atoms with van der Waals surface area (Å²) in [5, 5.41) is 11.5. The molecule has 0 fully saturated rings. The number of carbonyl (C=O) groups is 3. The molecule has 0 aliphatic carbocycles. The quantitative estimate of drug-likeness (QED) is 0.635. The fraction of sp³-hybridized carbons (Fsp3) is 0.786. The lowest BCUT2D eigenvalue weighted by atomic mass is 10.1. The van der Waals surface area contributed by atoms with Gasteiger partial charge in [-0.1, -0.05) is 19.8 Å². The van der Waals surface area contributed by atoms with Gasteiger partial charge in [0.1, 0.15) is 6.04 Å². The molecule has 20 heavy (non-hydrogen) atoms. The van der Waals surface area contributed by atoms with Crippen molar-refractivity contribution in [2.45, 2.75) is 58.9 Å². The van der Waals surface area contributed by atoms with Crippen molar-refractivity contribution in [1.29, 1.82) is 0 Å². The lowest BCUT2D eigenvalue weighted by Gasteiger charge is -2.19. The fourth-order valence-electron chi connectivity index (χ4n) is 1.89. The minimum Gasteiger partial charge on any atom is -0.480 e. The molecule has 0 heterocycles. The summed E-state index contributed by atoms with van der Waals surface area (Å²) >= 11 is 0. The molecule has 0 rings (SSSR count). The first kappa shape index (κ1) is 18.4. The second kappa shape index (κ2) is 10.2. The van der Waals surface area contributed by atoms with Crippen molar-refractivity contribution in [2.24, 2.45) is 0 Å². The van der Waals surface area contributed by atoms with E-state index < -0.39 is 12.0 Å². The van der Waals surface area contributed by atoms with Gasteiger partial charge in [0.05, 0.1) is 0 Å². The summed E-state index contributed by atoms with van der Waals surface area (Å²) in [6.07, 6.45) is 2.19. The molecule has 2 amide bonds. The molecule has 0 aromatic rings. The van der Waals surface area contributed by atoms with E-state index in [-0.39, 0.29) is 24.7 Å². The predicted molar refractivity (Wildman–Crippen MR) is 76.3 cm³/mol. The van der Waals surface area contributed by atoms with Crippen LogP contribution >= 0.6 is 0 Å². The van der Waals surface area contributed by atoms with E-state index >= 15 is 0 Å². The highest BCUT2D eigenvalue weighted by molar-refractivity contribution is 5.86. The van der Waals surface area contributed by atoms with Gasteiger partial charge in [-0.2, -0.15) is 0 Å². The number of aliphatic carboxylic acids is 1. The van der Waals surface area contributed by atoms with Crippen LogP contribution in [-0.4, -0.2) is 46.9 Å². The number of unbranched alkanes of at least 4 members (excludes halogenated alkanes) is 1. The van der Waals surface area contributed by atoms with Crippen LogP contribution in [0.5, 0.6) is 0 Å². The molecule has 0 bridgehead atoms. The number of carboxylic acid groups (broad SMARTS) is 1. The molecule has 1 atom stereocenters. The Labute approximate surface area is 120 Å². The van der Waals surface area contributed by atoms with Crippen LogP contribution in [0.4, 0.5) is 0 Å². The van der Waals surface area contributed by atoms with Crippen LogP contribution in [0.25, 0.3) is 0 Å². The summed E-state index contributed by atoms with van der Waals surface area (Å²) in [6.45, 7) is 6.96. The van der Waals surface area contributed by atoms with Crippen LogP contribution in [0.3, 0.4) is 0 Å². The number of nitrogens with one attached hydrogen (secondary N) is 1. The largest absolute Gasteiger partial charge is 0.480 e. The molecule has 0 saturated carbocycles. The molecule has 0 unspecified atom stereocenters. The van der Waals surface area contributed by atoms with Gasteiger partial charge in [0.15, 0.2) is 0 Å². The van der Waals surface area contributed by atoms with Crippen LogP contribution in [0.2, 0.25) is 0 Å². The van der Waals surface area contributed by atoms with Gasteiger partial charge in [-0.15, -0.1) is 0 Å². The van der Waals surface area contributed by atoms with Crippen LogP contribution in [0.15, 0.2) is 0 Å². The van der Waals surface area contributed by atoms with Gasteiger partial charge in [0, 0.05) is 25.9 Å². The van der Waals surface area contributed by atoms with Crippen molar-refractivity contribution in [1.82, 2.24) is 10.2 Å². The number of hydrogen-bond donors (Lipinski definition) is 2. The zero-order valence-corrected chi connectivity index (χ0v) is 12.6.